The van der Waals surface area contributed by atoms with Gasteiger partial charge in [-0.25, -0.2) is 4.98 Å². The number of halogens is 5. The van der Waals surface area contributed by atoms with Crippen molar-refractivity contribution < 1.29 is 43.0 Å². The molecule has 0 unspecified atom stereocenters. The van der Waals surface area contributed by atoms with Gasteiger partial charge in [0.05, 0.1) is 5.69 Å². The number of rotatable bonds is 5. The second-order valence-electron chi connectivity index (χ2n) is 7.59. The Balaban J connectivity index is 0.00000320. The summed E-state index contributed by atoms with van der Waals surface area (Å²) in [6.45, 7) is 0. The molecule has 3 heterocycles. The first kappa shape index (κ1) is 26.2. The molecule has 0 fully saturated rings. The van der Waals surface area contributed by atoms with Gasteiger partial charge >= 0.3 is 27.2 Å². The first-order valence-electron chi connectivity index (χ1n) is 10.5. The number of benzene rings is 2. The Morgan fingerprint density at radius 3 is 2.05 bits per heavy atom. The maximum atomic E-state index is 14.4. The largest absolute Gasteiger partial charge is 2.00 e. The molecule has 3 aromatic heterocycles. The monoisotopic (exact) mass is 686 g/mol. The molecule has 0 saturated carbocycles. The smallest absolute Gasteiger partial charge is 0.573 e. The summed E-state index contributed by atoms with van der Waals surface area (Å²) in [7, 11) is 0. The minimum atomic E-state index is -4.63. The first-order chi connectivity index (χ1) is 17.3. The average molecular weight is 687 g/mol. The quantitative estimate of drug-likeness (QED) is 0.152. The predicted octanol–water partition coefficient (Wildman–Crippen LogP) is 6.73. The van der Waals surface area contributed by atoms with Gasteiger partial charge in [-0.3, -0.25) is 18.7 Å². The van der Waals surface area contributed by atoms with Crippen LogP contribution in [-0.4, -0.2) is 15.1 Å². The molecule has 5 rings (SSSR count). The van der Waals surface area contributed by atoms with E-state index in [1.54, 1.807) is 59.5 Å². The number of nitrogens with zero attached hydrogens (tertiary/aromatic N) is 5. The van der Waals surface area contributed by atoms with Crippen LogP contribution in [0.4, 0.5) is 39.3 Å². The normalized spacial score (nSPS) is 11.2. The van der Waals surface area contributed by atoms with Crippen molar-refractivity contribution in [2.45, 2.75) is 6.18 Å². The molecule has 0 spiro atoms. The number of pyridine rings is 2. The molecule has 0 atom stereocenters. The van der Waals surface area contributed by atoms with Crippen LogP contribution in [0.1, 0.15) is 5.69 Å². The van der Waals surface area contributed by atoms with E-state index < -0.39 is 23.5 Å². The van der Waals surface area contributed by atoms with Gasteiger partial charge < -0.3 is 10.2 Å². The van der Waals surface area contributed by atoms with Gasteiger partial charge in [0.2, 0.25) is 0 Å². The third-order valence-corrected chi connectivity index (χ3v) is 5.15. The summed E-state index contributed by atoms with van der Waals surface area (Å²) < 4.78 is 66.8. The molecule has 5 nitrogen and oxygen atoms in total. The zero-order valence-corrected chi connectivity index (χ0v) is 20.8. The molecular weight excluding hydrogens is 672 g/mol. The molecule has 188 valence electrons. The average Bonchev–Trinajstić information content (AvgIpc) is 3.37. The third kappa shape index (κ3) is 5.59. The zero-order chi connectivity index (χ0) is 25.3. The number of aromatic nitrogens is 4. The molecule has 37 heavy (non-hydrogen) atoms. The van der Waals surface area contributed by atoms with Crippen molar-refractivity contribution in [1.82, 2.24) is 20.2 Å². The molecule has 0 aliphatic rings. The van der Waals surface area contributed by atoms with Crippen LogP contribution < -0.4 is 10.00 Å². The second kappa shape index (κ2) is 10.6. The number of para-hydroxylation sites is 1. The minimum Gasteiger partial charge on any atom is -0.573 e. The van der Waals surface area contributed by atoms with Crippen LogP contribution in [-0.2, 0) is 27.2 Å². The molecule has 5 aromatic rings. The van der Waals surface area contributed by atoms with Crippen LogP contribution in [0.3, 0.4) is 0 Å². The van der Waals surface area contributed by atoms with E-state index >= 15 is 0 Å². The van der Waals surface area contributed by atoms with Gasteiger partial charge in [-0.2, -0.15) is 13.2 Å². The van der Waals surface area contributed by atoms with Crippen molar-refractivity contribution >= 4 is 17.3 Å². The van der Waals surface area contributed by atoms with Crippen LogP contribution in [0.15, 0.2) is 84.9 Å². The topological polar surface area (TPSA) is 56.0 Å². The Hall–Kier alpha value is -3.91. The fraction of sp³-hybridized carbons (Fsp3) is 0.0385. The Labute approximate surface area is 222 Å². The van der Waals surface area contributed by atoms with Crippen LogP contribution in [0.25, 0.3) is 22.6 Å². The van der Waals surface area contributed by atoms with Crippen molar-refractivity contribution in [2.24, 2.45) is 0 Å². The maximum absolute atomic E-state index is 14.4. The minimum absolute atomic E-state index is 0. The first-order valence-corrected chi connectivity index (χ1v) is 10.5. The Morgan fingerprint density at radius 2 is 1.43 bits per heavy atom. The standard InChI is InChI=1S/C26H14F5N5.Pt/c27-16-12-13-18(19(28)14-16)20-8-4-10-24(32-20)36(17-6-2-1-3-7-17)25-11-5-9-21(33-25)22-15-23(35-34-22)26(29,30)31;/h1-12,14-15H;/q-2;+2. The summed E-state index contributed by atoms with van der Waals surface area (Å²) in [5, 5.41) is 6.83. The summed E-state index contributed by atoms with van der Waals surface area (Å²) in [6, 6.07) is 23.8. The molecule has 2 aromatic carbocycles. The van der Waals surface area contributed by atoms with Crippen LogP contribution in [0.5, 0.6) is 0 Å². The van der Waals surface area contributed by atoms with E-state index in [4.69, 9.17) is 0 Å². The number of hydrogen-bond acceptors (Lipinski definition) is 4. The van der Waals surface area contributed by atoms with E-state index in [9.17, 15) is 22.0 Å². The van der Waals surface area contributed by atoms with Crippen LogP contribution in [0, 0.1) is 17.7 Å². The third-order valence-electron chi connectivity index (χ3n) is 5.15. The van der Waals surface area contributed by atoms with Gasteiger partial charge in [0.1, 0.15) is 17.3 Å². The Bertz CT molecular complexity index is 1520. The van der Waals surface area contributed by atoms with E-state index in [1.807, 2.05) is 6.07 Å². The number of alkyl halides is 3. The maximum Gasteiger partial charge on any atom is 2.00 e. The molecule has 0 amide bonds. The molecule has 0 N–H and O–H groups in total. The van der Waals surface area contributed by atoms with E-state index in [-0.39, 0.29) is 43.7 Å². The molecule has 0 saturated heterocycles. The van der Waals surface area contributed by atoms with Crippen molar-refractivity contribution in [2.75, 3.05) is 4.90 Å². The summed E-state index contributed by atoms with van der Waals surface area (Å²) >= 11 is 0. The zero-order valence-electron chi connectivity index (χ0n) is 18.5. The summed E-state index contributed by atoms with van der Waals surface area (Å²) in [5.74, 6) is -0.918. The predicted molar refractivity (Wildman–Crippen MR) is 122 cm³/mol. The molecular formula is C26H14F5N5Pt. The van der Waals surface area contributed by atoms with Crippen molar-refractivity contribution in [3.8, 4) is 22.6 Å². The van der Waals surface area contributed by atoms with E-state index in [0.29, 0.717) is 17.3 Å². The fourth-order valence-electron chi connectivity index (χ4n) is 3.54. The van der Waals surface area contributed by atoms with Crippen LogP contribution >= 0.6 is 0 Å². The van der Waals surface area contributed by atoms with Gasteiger partial charge in [-0.15, -0.1) is 12.1 Å². The summed E-state index contributed by atoms with van der Waals surface area (Å²) in [6.07, 6.45) is -4.63. The fourth-order valence-corrected chi connectivity index (χ4v) is 3.54. The van der Waals surface area contributed by atoms with Gasteiger partial charge in [0.15, 0.2) is 0 Å². The van der Waals surface area contributed by atoms with Gasteiger partial charge in [0, 0.05) is 17.3 Å². The summed E-state index contributed by atoms with van der Waals surface area (Å²) in [4.78, 5) is 10.7. The van der Waals surface area contributed by atoms with Gasteiger partial charge in [-0.05, 0) is 42.1 Å². The van der Waals surface area contributed by atoms with Crippen molar-refractivity contribution in [3.63, 3.8) is 0 Å². The molecule has 0 radical (unpaired) electrons. The Kier molecular flexibility index (Phi) is 7.49. The van der Waals surface area contributed by atoms with Gasteiger partial charge in [0.25, 0.3) is 0 Å². The van der Waals surface area contributed by atoms with E-state index in [2.05, 4.69) is 26.2 Å². The SMILES string of the molecule is Fc1c[c-]c(-c2cccc(N(c3ccccc3)c3cccc(-c4cc(C(F)(F)F)n[n-]4)n3)n2)c(F)c1.[Pt+2]. The number of anilines is 3. The Morgan fingerprint density at radius 1 is 0.784 bits per heavy atom. The summed E-state index contributed by atoms with van der Waals surface area (Å²) in [5.41, 5.74) is -0.151. The van der Waals surface area contributed by atoms with Crippen molar-refractivity contribution in [3.05, 3.63) is 108 Å². The molecule has 0 bridgehead atoms. The molecule has 0 aliphatic carbocycles. The molecule has 0 aliphatic heterocycles. The molecule has 11 heteroatoms. The number of hydrogen-bond donors (Lipinski definition) is 0. The van der Waals surface area contributed by atoms with Crippen molar-refractivity contribution in [1.29, 1.82) is 0 Å². The van der Waals surface area contributed by atoms with Gasteiger partial charge in [-0.1, -0.05) is 53.7 Å². The second-order valence-corrected chi connectivity index (χ2v) is 7.59. The van der Waals surface area contributed by atoms with Crippen LogP contribution in [0.2, 0.25) is 0 Å². The van der Waals surface area contributed by atoms with E-state index in [1.165, 1.54) is 6.07 Å². The van der Waals surface area contributed by atoms with E-state index in [0.717, 1.165) is 18.2 Å².